The molecule has 1 aliphatic carbocycles. The third-order valence-corrected chi connectivity index (χ3v) is 5.46. The molecule has 0 aliphatic heterocycles. The molecule has 0 radical (unpaired) electrons. The van der Waals surface area contributed by atoms with E-state index in [9.17, 15) is 0 Å². The minimum atomic E-state index is 0.155. The lowest BCUT2D eigenvalue weighted by molar-refractivity contribution is -0.0438. The molecule has 1 fully saturated rings. The van der Waals surface area contributed by atoms with Crippen molar-refractivity contribution in [2.45, 2.75) is 39.2 Å². The van der Waals surface area contributed by atoms with Crippen LogP contribution in [0.5, 0.6) is 5.75 Å². The number of aromatic nitrogens is 1. The van der Waals surface area contributed by atoms with E-state index in [4.69, 9.17) is 4.74 Å². The van der Waals surface area contributed by atoms with Gasteiger partial charge in [0.05, 0.1) is 0 Å². The minimum Gasteiger partial charge on any atom is -0.490 e. The molecule has 1 aliphatic rings. The maximum atomic E-state index is 6.30. The van der Waals surface area contributed by atoms with Crippen molar-refractivity contribution in [3.05, 3.63) is 65.9 Å². The lowest BCUT2D eigenvalue weighted by Crippen LogP contribution is -2.50. The second-order valence-electron chi connectivity index (χ2n) is 7.35. The summed E-state index contributed by atoms with van der Waals surface area (Å²) in [5.41, 5.74) is 4.06. The quantitative estimate of drug-likeness (QED) is 0.685. The molecule has 0 unspecified atom stereocenters. The number of benzene rings is 2. The third-order valence-electron chi connectivity index (χ3n) is 5.46. The molecule has 23 heavy (non-hydrogen) atoms. The van der Waals surface area contributed by atoms with Crippen LogP contribution in [0.3, 0.4) is 0 Å². The molecular formula is C21H23NO. The number of aromatic amines is 1. The third kappa shape index (κ3) is 2.42. The number of hydrogen-bond donors (Lipinski definition) is 1. The standard InChI is InChI=1S/C21H23NO/c1-14-4-6-15(7-5-14)18-13-20(21(18,2)3)23-17-8-9-19-16(12-17)10-11-22-19/h4-12,18,20,22H,13H2,1-3H3/t18-,20-/m1/s1. The van der Waals surface area contributed by atoms with Gasteiger partial charge in [0.2, 0.25) is 0 Å². The molecule has 0 amide bonds. The van der Waals surface area contributed by atoms with E-state index in [0.717, 1.165) is 17.7 Å². The first-order chi connectivity index (χ1) is 11.0. The maximum Gasteiger partial charge on any atom is 0.120 e. The van der Waals surface area contributed by atoms with Gasteiger partial charge in [0.15, 0.2) is 0 Å². The van der Waals surface area contributed by atoms with Crippen molar-refractivity contribution >= 4 is 10.9 Å². The van der Waals surface area contributed by atoms with Crippen molar-refractivity contribution in [1.29, 1.82) is 0 Å². The molecule has 0 bridgehead atoms. The first-order valence-corrected chi connectivity index (χ1v) is 8.34. The zero-order valence-electron chi connectivity index (χ0n) is 14.0. The van der Waals surface area contributed by atoms with E-state index in [0.29, 0.717) is 5.92 Å². The van der Waals surface area contributed by atoms with Gasteiger partial charge in [-0.25, -0.2) is 0 Å². The van der Waals surface area contributed by atoms with Gasteiger partial charge in [-0.3, -0.25) is 0 Å². The Labute approximate surface area is 137 Å². The van der Waals surface area contributed by atoms with Gasteiger partial charge in [0, 0.05) is 22.5 Å². The van der Waals surface area contributed by atoms with Crippen LogP contribution in [0.2, 0.25) is 0 Å². The molecule has 118 valence electrons. The zero-order valence-corrected chi connectivity index (χ0v) is 14.0. The minimum absolute atomic E-state index is 0.155. The highest BCUT2D eigenvalue weighted by Crippen LogP contribution is 2.54. The lowest BCUT2D eigenvalue weighted by Gasteiger charge is -2.51. The Morgan fingerprint density at radius 2 is 1.83 bits per heavy atom. The van der Waals surface area contributed by atoms with Crippen molar-refractivity contribution in [1.82, 2.24) is 4.98 Å². The Hall–Kier alpha value is -2.22. The molecule has 0 spiro atoms. The summed E-state index contributed by atoms with van der Waals surface area (Å²) in [6.07, 6.45) is 3.32. The van der Waals surface area contributed by atoms with Gasteiger partial charge in [0.25, 0.3) is 0 Å². The fraction of sp³-hybridized carbons (Fsp3) is 0.333. The summed E-state index contributed by atoms with van der Waals surface area (Å²) in [7, 11) is 0. The molecular weight excluding hydrogens is 282 g/mol. The Bertz CT molecular complexity index is 828. The highest BCUT2D eigenvalue weighted by molar-refractivity contribution is 5.80. The van der Waals surface area contributed by atoms with E-state index < -0.39 is 0 Å². The monoisotopic (exact) mass is 305 g/mol. The number of aryl methyl sites for hydroxylation is 1. The summed E-state index contributed by atoms with van der Waals surface area (Å²) in [6, 6.07) is 17.3. The first-order valence-electron chi connectivity index (χ1n) is 8.34. The van der Waals surface area contributed by atoms with Crippen molar-refractivity contribution in [2.75, 3.05) is 0 Å². The van der Waals surface area contributed by atoms with Gasteiger partial charge in [0.1, 0.15) is 11.9 Å². The molecule has 1 aromatic heterocycles. The second kappa shape index (κ2) is 5.16. The van der Waals surface area contributed by atoms with Gasteiger partial charge < -0.3 is 9.72 Å². The van der Waals surface area contributed by atoms with Crippen molar-refractivity contribution in [3.63, 3.8) is 0 Å². The number of ether oxygens (including phenoxy) is 1. The number of hydrogen-bond acceptors (Lipinski definition) is 1. The first kappa shape index (κ1) is 14.4. The van der Waals surface area contributed by atoms with Crippen LogP contribution in [-0.4, -0.2) is 11.1 Å². The smallest absolute Gasteiger partial charge is 0.120 e. The van der Waals surface area contributed by atoms with Crippen LogP contribution in [-0.2, 0) is 0 Å². The Morgan fingerprint density at radius 3 is 2.57 bits per heavy atom. The Balaban J connectivity index is 1.51. The van der Waals surface area contributed by atoms with E-state index >= 15 is 0 Å². The molecule has 0 saturated heterocycles. The fourth-order valence-corrected chi connectivity index (χ4v) is 3.72. The largest absolute Gasteiger partial charge is 0.490 e. The summed E-state index contributed by atoms with van der Waals surface area (Å²) in [5, 5.41) is 1.20. The van der Waals surface area contributed by atoms with Crippen molar-refractivity contribution in [3.8, 4) is 5.75 Å². The number of rotatable bonds is 3. The van der Waals surface area contributed by atoms with Crippen LogP contribution in [0, 0.1) is 12.3 Å². The molecule has 2 heteroatoms. The molecule has 1 heterocycles. The average Bonchev–Trinajstić information content (AvgIpc) is 3.00. The molecule has 4 rings (SSSR count). The summed E-state index contributed by atoms with van der Waals surface area (Å²) in [5.74, 6) is 1.54. The van der Waals surface area contributed by atoms with Crippen LogP contribution in [0.1, 0.15) is 37.3 Å². The highest BCUT2D eigenvalue weighted by Gasteiger charge is 2.50. The van der Waals surface area contributed by atoms with E-state index in [2.05, 4.69) is 74.3 Å². The topological polar surface area (TPSA) is 25.0 Å². The van der Waals surface area contributed by atoms with Gasteiger partial charge in [-0.1, -0.05) is 43.7 Å². The van der Waals surface area contributed by atoms with Gasteiger partial charge in [-0.2, -0.15) is 0 Å². The van der Waals surface area contributed by atoms with E-state index in [1.54, 1.807) is 0 Å². The van der Waals surface area contributed by atoms with Gasteiger partial charge in [-0.05, 0) is 49.1 Å². The SMILES string of the molecule is Cc1ccc([C@H]2C[C@@H](Oc3ccc4[nH]ccc4c3)C2(C)C)cc1. The van der Waals surface area contributed by atoms with E-state index in [1.807, 2.05) is 6.20 Å². The van der Waals surface area contributed by atoms with Crippen LogP contribution in [0.15, 0.2) is 54.7 Å². The normalized spacial score (nSPS) is 22.7. The molecule has 2 nitrogen and oxygen atoms in total. The highest BCUT2D eigenvalue weighted by atomic mass is 16.5. The summed E-state index contributed by atoms with van der Waals surface area (Å²) < 4.78 is 6.30. The molecule has 2 aromatic carbocycles. The Kier molecular flexibility index (Phi) is 3.22. The molecule has 2 atom stereocenters. The predicted octanol–water partition coefficient (Wildman–Crippen LogP) is 5.44. The van der Waals surface area contributed by atoms with Crippen molar-refractivity contribution in [2.24, 2.45) is 5.41 Å². The average molecular weight is 305 g/mol. The van der Waals surface area contributed by atoms with Crippen molar-refractivity contribution < 1.29 is 4.74 Å². The lowest BCUT2D eigenvalue weighted by atomic mass is 9.57. The summed E-state index contributed by atoms with van der Waals surface area (Å²) in [4.78, 5) is 3.22. The van der Waals surface area contributed by atoms with E-state index in [-0.39, 0.29) is 11.5 Å². The molecule has 1 N–H and O–H groups in total. The van der Waals surface area contributed by atoms with Gasteiger partial charge in [-0.15, -0.1) is 0 Å². The maximum absolute atomic E-state index is 6.30. The van der Waals surface area contributed by atoms with Crippen LogP contribution < -0.4 is 4.74 Å². The summed E-state index contributed by atoms with van der Waals surface area (Å²) >= 11 is 0. The Morgan fingerprint density at radius 1 is 1.04 bits per heavy atom. The summed E-state index contributed by atoms with van der Waals surface area (Å²) in [6.45, 7) is 6.78. The van der Waals surface area contributed by atoms with E-state index in [1.165, 1.54) is 16.5 Å². The molecule has 1 saturated carbocycles. The molecule has 3 aromatic rings. The van der Waals surface area contributed by atoms with Crippen LogP contribution in [0.4, 0.5) is 0 Å². The zero-order chi connectivity index (χ0) is 16.0. The van der Waals surface area contributed by atoms with Crippen LogP contribution >= 0.6 is 0 Å². The fourth-order valence-electron chi connectivity index (χ4n) is 3.72. The number of H-pyrrole nitrogens is 1. The van der Waals surface area contributed by atoms with Crippen LogP contribution in [0.25, 0.3) is 10.9 Å². The number of fused-ring (bicyclic) bond motifs is 1. The number of nitrogens with one attached hydrogen (secondary N) is 1. The second-order valence-corrected chi connectivity index (χ2v) is 7.35. The predicted molar refractivity (Wildman–Crippen MR) is 95.0 cm³/mol. The van der Waals surface area contributed by atoms with Gasteiger partial charge >= 0.3 is 0 Å².